The zero-order chi connectivity index (χ0) is 36.8. The molecule has 4 heterocycles. The standard InChI is InChI=1S/C34H34N6O8.CH3NO2/c1-4-43-32-35-25-11-7-10-24(31(41)47-34(2,3)48-33(42)46-27-19-45-26-16-17-44-29(26)27)28(25)40(32)18-20-12-14-21(15-13-20)22-8-5-6-9-23(22)30-36-38-39-37-30;2-1(3)4/h5-15,26-27,29H,4,16-19H2,1-3H3,(H,36,37,38,39);2H2,(H,3,4)/t26-,27+,29+;/m1./s1. The number of aromatic nitrogens is 6. The van der Waals surface area contributed by atoms with Crippen LogP contribution in [0.2, 0.25) is 0 Å². The molecule has 0 bridgehead atoms. The lowest BCUT2D eigenvalue weighted by atomic mass is 9.98. The maximum absolute atomic E-state index is 13.7. The predicted octanol–water partition coefficient (Wildman–Crippen LogP) is 4.56. The van der Waals surface area contributed by atoms with Gasteiger partial charge in [0.25, 0.3) is 11.8 Å². The summed E-state index contributed by atoms with van der Waals surface area (Å²) in [7, 11) is 0. The van der Waals surface area contributed by atoms with Crippen molar-refractivity contribution < 1.29 is 47.9 Å². The Hall–Kier alpha value is -6.07. The lowest BCUT2D eigenvalue weighted by Gasteiger charge is -2.26. The Morgan fingerprint density at radius 3 is 2.48 bits per heavy atom. The van der Waals surface area contributed by atoms with Gasteiger partial charge in [0.15, 0.2) is 6.10 Å². The van der Waals surface area contributed by atoms with E-state index in [1.165, 1.54) is 13.8 Å². The van der Waals surface area contributed by atoms with Crippen molar-refractivity contribution in [3.05, 3.63) is 77.9 Å². The minimum atomic E-state index is -1.65. The summed E-state index contributed by atoms with van der Waals surface area (Å²) >= 11 is 0. The summed E-state index contributed by atoms with van der Waals surface area (Å²) in [6, 6.07) is 21.4. The maximum Gasteiger partial charge on any atom is 0.512 e. The second-order valence-electron chi connectivity index (χ2n) is 12.2. The first-order valence-corrected chi connectivity index (χ1v) is 16.4. The Balaban J connectivity index is 0.00000110. The summed E-state index contributed by atoms with van der Waals surface area (Å²) in [5.74, 6) is -1.85. The highest BCUT2D eigenvalue weighted by Gasteiger charge is 2.45. The highest BCUT2D eigenvalue weighted by atomic mass is 16.8. The second kappa shape index (κ2) is 15.4. The van der Waals surface area contributed by atoms with Gasteiger partial charge in [-0.15, -0.1) is 10.2 Å². The van der Waals surface area contributed by atoms with Crippen molar-refractivity contribution in [3.8, 4) is 28.5 Å². The third-order valence-corrected chi connectivity index (χ3v) is 8.18. The van der Waals surface area contributed by atoms with Crippen LogP contribution in [0, 0.1) is 0 Å². The summed E-state index contributed by atoms with van der Waals surface area (Å²) in [4.78, 5) is 39.8. The fourth-order valence-corrected chi connectivity index (χ4v) is 6.07. The van der Waals surface area contributed by atoms with Crippen molar-refractivity contribution in [2.24, 2.45) is 5.73 Å². The van der Waals surface area contributed by atoms with Gasteiger partial charge >= 0.3 is 18.2 Å². The second-order valence-corrected chi connectivity index (χ2v) is 12.2. The van der Waals surface area contributed by atoms with Crippen LogP contribution in [0.1, 0.15) is 43.1 Å². The van der Waals surface area contributed by atoms with Crippen LogP contribution in [0.15, 0.2) is 66.7 Å². The molecule has 17 nitrogen and oxygen atoms in total. The molecule has 0 spiro atoms. The van der Waals surface area contributed by atoms with E-state index in [0.717, 1.165) is 28.7 Å². The van der Waals surface area contributed by atoms with Gasteiger partial charge in [-0.05, 0) is 47.4 Å². The number of rotatable bonds is 10. The van der Waals surface area contributed by atoms with E-state index in [2.05, 4.69) is 31.3 Å². The third-order valence-electron chi connectivity index (χ3n) is 8.18. The molecule has 5 aromatic rings. The number of imidazole rings is 1. The van der Waals surface area contributed by atoms with Gasteiger partial charge in [0.1, 0.15) is 6.10 Å². The largest absolute Gasteiger partial charge is 0.512 e. The molecule has 17 heteroatoms. The van der Waals surface area contributed by atoms with Gasteiger partial charge < -0.3 is 39.3 Å². The minimum absolute atomic E-state index is 0.0991. The summed E-state index contributed by atoms with van der Waals surface area (Å²) in [6.45, 7) is 6.28. The molecule has 0 aliphatic carbocycles. The Kier molecular flexibility index (Phi) is 10.6. The average Bonchev–Trinajstić information content (AvgIpc) is 3.92. The number of tetrazole rings is 1. The molecule has 0 radical (unpaired) electrons. The van der Waals surface area contributed by atoms with Crippen molar-refractivity contribution >= 4 is 29.3 Å². The van der Waals surface area contributed by atoms with Crippen LogP contribution in [0.5, 0.6) is 6.01 Å². The number of fused-ring (bicyclic) bond motifs is 2. The smallest absolute Gasteiger partial charge is 0.465 e. The van der Waals surface area contributed by atoms with Gasteiger partial charge in [-0.25, -0.2) is 14.4 Å². The number of carbonyl (C=O) groups excluding carboxylic acids is 2. The first-order chi connectivity index (χ1) is 25.0. The van der Waals surface area contributed by atoms with E-state index >= 15 is 0 Å². The molecule has 52 heavy (non-hydrogen) atoms. The molecule has 1 amide bonds. The van der Waals surface area contributed by atoms with Crippen molar-refractivity contribution in [2.75, 3.05) is 19.8 Å². The molecule has 4 N–H and O–H groups in total. The van der Waals surface area contributed by atoms with Crippen LogP contribution < -0.4 is 10.5 Å². The monoisotopic (exact) mass is 715 g/mol. The minimum Gasteiger partial charge on any atom is -0.465 e. The van der Waals surface area contributed by atoms with Crippen LogP contribution in [0.4, 0.5) is 9.59 Å². The van der Waals surface area contributed by atoms with Gasteiger partial charge in [0.2, 0.25) is 5.82 Å². The Bertz CT molecular complexity index is 2030. The number of nitrogens with zero attached hydrogens (tertiary/aromatic N) is 5. The number of H-pyrrole nitrogens is 1. The van der Waals surface area contributed by atoms with Crippen molar-refractivity contribution in [1.82, 2.24) is 30.2 Å². The van der Waals surface area contributed by atoms with Crippen LogP contribution >= 0.6 is 0 Å². The molecular weight excluding hydrogens is 678 g/mol. The number of amides is 1. The van der Waals surface area contributed by atoms with E-state index < -0.39 is 30.1 Å². The molecule has 0 unspecified atom stereocenters. The summed E-state index contributed by atoms with van der Waals surface area (Å²) < 4.78 is 35.6. The predicted molar refractivity (Wildman–Crippen MR) is 182 cm³/mol. The summed E-state index contributed by atoms with van der Waals surface area (Å²) in [6.07, 6.45) is -2.59. The van der Waals surface area contributed by atoms with E-state index in [-0.39, 0.29) is 24.4 Å². The number of nitrogens with one attached hydrogen (secondary N) is 1. The molecule has 2 fully saturated rings. The lowest BCUT2D eigenvalue weighted by molar-refractivity contribution is -0.162. The Labute approximate surface area is 296 Å². The number of nitrogens with two attached hydrogens (primary N) is 1. The number of hydrogen-bond acceptors (Lipinski definition) is 13. The first-order valence-electron chi connectivity index (χ1n) is 16.4. The van der Waals surface area contributed by atoms with Crippen molar-refractivity contribution in [3.63, 3.8) is 0 Å². The number of esters is 1. The molecule has 2 saturated heterocycles. The van der Waals surface area contributed by atoms with Gasteiger partial charge in [0.05, 0.1) is 42.5 Å². The molecule has 2 aliphatic rings. The Morgan fingerprint density at radius 1 is 1.02 bits per heavy atom. The fourth-order valence-electron chi connectivity index (χ4n) is 6.07. The first kappa shape index (κ1) is 35.7. The maximum atomic E-state index is 13.7. The van der Waals surface area contributed by atoms with Crippen LogP contribution in [-0.2, 0) is 30.2 Å². The number of para-hydroxylation sites is 1. The van der Waals surface area contributed by atoms with E-state index in [1.54, 1.807) is 18.2 Å². The highest BCUT2D eigenvalue weighted by molar-refractivity contribution is 6.02. The number of benzene rings is 3. The number of carboxylic acid groups (broad SMARTS) is 1. The number of hydrogen-bond donors (Lipinski definition) is 3. The zero-order valence-corrected chi connectivity index (χ0v) is 28.6. The van der Waals surface area contributed by atoms with Gasteiger partial charge in [-0.3, -0.25) is 4.57 Å². The normalized spacial score (nSPS) is 17.9. The van der Waals surface area contributed by atoms with Crippen LogP contribution in [0.25, 0.3) is 33.5 Å². The molecule has 3 atom stereocenters. The Morgan fingerprint density at radius 2 is 1.77 bits per heavy atom. The van der Waals surface area contributed by atoms with Crippen LogP contribution in [0.3, 0.4) is 0 Å². The quantitative estimate of drug-likeness (QED) is 0.133. The molecule has 3 aromatic carbocycles. The zero-order valence-electron chi connectivity index (χ0n) is 28.6. The molecular formula is C35H37N7O10. The average molecular weight is 716 g/mol. The number of carbonyl (C=O) groups is 3. The van der Waals surface area contributed by atoms with Crippen molar-refractivity contribution in [1.29, 1.82) is 0 Å². The molecule has 2 aliphatic heterocycles. The number of ether oxygens (including phenoxy) is 6. The van der Waals surface area contributed by atoms with E-state index in [9.17, 15) is 9.59 Å². The van der Waals surface area contributed by atoms with Crippen molar-refractivity contribution in [2.45, 2.75) is 57.8 Å². The van der Waals surface area contributed by atoms with Gasteiger partial charge in [-0.2, -0.15) is 10.2 Å². The summed E-state index contributed by atoms with van der Waals surface area (Å²) in [5, 5.41) is 21.7. The van der Waals surface area contributed by atoms with E-state index in [0.29, 0.717) is 42.6 Å². The van der Waals surface area contributed by atoms with Gasteiger partial charge in [0, 0.05) is 26.0 Å². The lowest BCUT2D eigenvalue weighted by Crippen LogP contribution is -2.38. The summed E-state index contributed by atoms with van der Waals surface area (Å²) in [5.41, 5.74) is 9.04. The van der Waals surface area contributed by atoms with E-state index in [1.807, 2.05) is 60.0 Å². The fraction of sp³-hybridized carbons (Fsp3) is 0.343. The highest BCUT2D eigenvalue weighted by Crippen LogP contribution is 2.32. The molecule has 272 valence electrons. The number of aromatic amines is 1. The molecule has 0 saturated carbocycles. The van der Waals surface area contributed by atoms with E-state index in [4.69, 9.17) is 38.3 Å². The van der Waals surface area contributed by atoms with Crippen LogP contribution in [-0.4, -0.2) is 97.4 Å². The third kappa shape index (κ3) is 8.11. The SMILES string of the molecule is CCOc1nc2cccc(C(=O)OC(C)(C)OC(=O)O[C@H]3CO[C@@H]4CCO[C@H]34)c2n1Cc1ccc(-c2ccccc2-c2nn[nH]n2)cc1.NC(=O)O. The topological polar surface area (TPSA) is 225 Å². The van der Waals surface area contributed by atoms with Gasteiger partial charge in [-0.1, -0.05) is 54.6 Å². The molecule has 2 aromatic heterocycles. The number of primary amides is 1. The molecule has 7 rings (SSSR count).